The number of rotatable bonds is 2. The maximum absolute atomic E-state index is 12.8. The number of aldehydes is 1. The average molecular weight is 191 g/mol. The molecule has 0 aliphatic heterocycles. The van der Waals surface area contributed by atoms with Crippen LogP contribution in [0.25, 0.3) is 0 Å². The van der Waals surface area contributed by atoms with E-state index in [-0.39, 0.29) is 22.4 Å². The van der Waals surface area contributed by atoms with Gasteiger partial charge in [0, 0.05) is 10.6 Å². The van der Waals surface area contributed by atoms with Crippen molar-refractivity contribution < 1.29 is 13.6 Å². The van der Waals surface area contributed by atoms with E-state index >= 15 is 0 Å². The molecule has 0 aromatic heterocycles. The highest BCUT2D eigenvalue weighted by Gasteiger charge is 2.10. The van der Waals surface area contributed by atoms with Crippen LogP contribution >= 0.6 is 11.6 Å². The number of halogens is 3. The van der Waals surface area contributed by atoms with Crippen LogP contribution in [0.4, 0.5) is 8.78 Å². The van der Waals surface area contributed by atoms with Gasteiger partial charge in [-0.05, 0) is 12.1 Å². The van der Waals surface area contributed by atoms with E-state index in [1.165, 1.54) is 6.07 Å². The lowest BCUT2D eigenvalue weighted by Gasteiger charge is -2.02. The van der Waals surface area contributed by atoms with Gasteiger partial charge in [-0.2, -0.15) is 0 Å². The molecule has 0 radical (unpaired) electrons. The second kappa shape index (κ2) is 3.63. The molecule has 64 valence electrons. The van der Waals surface area contributed by atoms with Crippen molar-refractivity contribution in [2.75, 3.05) is 0 Å². The van der Waals surface area contributed by atoms with Crippen molar-refractivity contribution in [1.82, 2.24) is 0 Å². The van der Waals surface area contributed by atoms with E-state index in [0.29, 0.717) is 0 Å². The van der Waals surface area contributed by atoms with Gasteiger partial charge in [0.2, 0.25) is 0 Å². The molecule has 0 aliphatic carbocycles. The number of carbonyl (C=O) groups excluding carboxylic acids is 1. The largest absolute Gasteiger partial charge is 0.298 e. The Labute approximate surface area is 73.0 Å². The molecule has 0 amide bonds. The minimum absolute atomic E-state index is 0.0704. The molecule has 1 aromatic carbocycles. The third-order valence-electron chi connectivity index (χ3n) is 1.50. The van der Waals surface area contributed by atoms with Crippen molar-refractivity contribution in [2.45, 2.75) is 6.67 Å². The van der Waals surface area contributed by atoms with Crippen LogP contribution in [0.1, 0.15) is 15.9 Å². The molecule has 1 aromatic rings. The molecule has 12 heavy (non-hydrogen) atoms. The zero-order valence-corrected chi connectivity index (χ0v) is 6.74. The van der Waals surface area contributed by atoms with Gasteiger partial charge < -0.3 is 0 Å². The Bertz CT molecular complexity index is 312. The Morgan fingerprint density at radius 1 is 1.50 bits per heavy atom. The minimum atomic E-state index is -0.940. The summed E-state index contributed by atoms with van der Waals surface area (Å²) in [5.74, 6) is -0.748. The van der Waals surface area contributed by atoms with Crippen LogP contribution in [0.5, 0.6) is 0 Å². The lowest BCUT2D eigenvalue weighted by molar-refractivity contribution is 0.111. The molecule has 0 spiro atoms. The van der Waals surface area contributed by atoms with E-state index in [1.54, 1.807) is 0 Å². The Balaban J connectivity index is 3.38. The fourth-order valence-electron chi connectivity index (χ4n) is 0.873. The summed E-state index contributed by atoms with van der Waals surface area (Å²) >= 11 is 5.51. The van der Waals surface area contributed by atoms with Gasteiger partial charge >= 0.3 is 0 Å². The van der Waals surface area contributed by atoms with Crippen molar-refractivity contribution >= 4 is 17.9 Å². The second-order valence-corrected chi connectivity index (χ2v) is 2.58. The van der Waals surface area contributed by atoms with Crippen molar-refractivity contribution in [1.29, 1.82) is 0 Å². The normalized spacial score (nSPS) is 9.92. The topological polar surface area (TPSA) is 17.1 Å². The number of hydrogen-bond donors (Lipinski definition) is 0. The van der Waals surface area contributed by atoms with E-state index in [9.17, 15) is 13.6 Å². The van der Waals surface area contributed by atoms with Crippen LogP contribution in [-0.4, -0.2) is 6.29 Å². The second-order valence-electron chi connectivity index (χ2n) is 2.17. The summed E-state index contributed by atoms with van der Waals surface area (Å²) in [4.78, 5) is 10.3. The quantitative estimate of drug-likeness (QED) is 0.656. The highest BCUT2D eigenvalue weighted by Crippen LogP contribution is 2.22. The van der Waals surface area contributed by atoms with Gasteiger partial charge in [-0.15, -0.1) is 0 Å². The maximum atomic E-state index is 12.8. The van der Waals surface area contributed by atoms with E-state index < -0.39 is 12.5 Å². The third-order valence-corrected chi connectivity index (χ3v) is 1.85. The number of carbonyl (C=O) groups is 1. The molecule has 0 bridgehead atoms. The SMILES string of the molecule is O=Cc1c(F)ccc(Cl)c1CF. The highest BCUT2D eigenvalue weighted by molar-refractivity contribution is 6.31. The molecule has 0 unspecified atom stereocenters. The third kappa shape index (κ3) is 1.46. The van der Waals surface area contributed by atoms with Crippen molar-refractivity contribution in [3.8, 4) is 0 Å². The van der Waals surface area contributed by atoms with Crippen LogP contribution in [0.3, 0.4) is 0 Å². The molecule has 0 saturated carbocycles. The predicted molar refractivity (Wildman–Crippen MR) is 41.6 cm³/mol. The fraction of sp³-hybridized carbons (Fsp3) is 0.125. The first-order valence-corrected chi connectivity index (χ1v) is 3.56. The van der Waals surface area contributed by atoms with Crippen molar-refractivity contribution in [3.05, 3.63) is 34.1 Å². The first kappa shape index (κ1) is 9.13. The van der Waals surface area contributed by atoms with Gasteiger partial charge in [0.1, 0.15) is 12.5 Å². The van der Waals surface area contributed by atoms with Crippen LogP contribution in [-0.2, 0) is 6.67 Å². The first-order valence-electron chi connectivity index (χ1n) is 3.18. The van der Waals surface area contributed by atoms with E-state index in [4.69, 9.17) is 11.6 Å². The van der Waals surface area contributed by atoms with Crippen molar-refractivity contribution in [3.63, 3.8) is 0 Å². The predicted octanol–water partition coefficient (Wildman–Crippen LogP) is 2.76. The summed E-state index contributed by atoms with van der Waals surface area (Å²) in [6, 6.07) is 2.25. The summed E-state index contributed by atoms with van der Waals surface area (Å²) in [5.41, 5.74) is -0.392. The van der Waals surface area contributed by atoms with Crippen LogP contribution in [0.2, 0.25) is 5.02 Å². The Morgan fingerprint density at radius 3 is 2.58 bits per heavy atom. The molecule has 0 aliphatic rings. The van der Waals surface area contributed by atoms with Crippen LogP contribution in [0.15, 0.2) is 12.1 Å². The lowest BCUT2D eigenvalue weighted by atomic mass is 10.1. The average Bonchev–Trinajstić information content (AvgIpc) is 2.08. The Kier molecular flexibility index (Phi) is 2.76. The fourth-order valence-corrected chi connectivity index (χ4v) is 1.09. The number of hydrogen-bond acceptors (Lipinski definition) is 1. The monoisotopic (exact) mass is 190 g/mol. The summed E-state index contributed by atoms with van der Waals surface area (Å²) in [6.07, 6.45) is 0.260. The summed E-state index contributed by atoms with van der Waals surface area (Å²) in [5, 5.41) is 0.0704. The van der Waals surface area contributed by atoms with E-state index in [1.807, 2.05) is 0 Å². The van der Waals surface area contributed by atoms with Crippen LogP contribution in [0, 0.1) is 5.82 Å². The Morgan fingerprint density at radius 2 is 2.17 bits per heavy atom. The molecular weight excluding hydrogens is 186 g/mol. The standard InChI is InChI=1S/C8H5ClF2O/c9-7-1-2-8(11)6(4-12)5(7)3-10/h1-2,4H,3H2. The van der Waals surface area contributed by atoms with E-state index in [0.717, 1.165) is 6.07 Å². The van der Waals surface area contributed by atoms with Gasteiger partial charge in [-0.3, -0.25) is 4.79 Å². The van der Waals surface area contributed by atoms with Gasteiger partial charge in [-0.1, -0.05) is 11.6 Å². The van der Waals surface area contributed by atoms with E-state index in [2.05, 4.69) is 0 Å². The molecule has 0 fully saturated rings. The molecule has 0 atom stereocenters. The number of benzene rings is 1. The zero-order valence-electron chi connectivity index (χ0n) is 5.98. The lowest BCUT2D eigenvalue weighted by Crippen LogP contribution is -1.95. The molecule has 0 saturated heterocycles. The van der Waals surface area contributed by atoms with Crippen molar-refractivity contribution in [2.24, 2.45) is 0 Å². The maximum Gasteiger partial charge on any atom is 0.153 e. The zero-order chi connectivity index (χ0) is 9.14. The first-order chi connectivity index (χ1) is 5.70. The van der Waals surface area contributed by atoms with Gasteiger partial charge in [0.15, 0.2) is 6.29 Å². The van der Waals surface area contributed by atoms with Gasteiger partial charge in [0.25, 0.3) is 0 Å². The number of alkyl halides is 1. The molecule has 4 heteroatoms. The highest BCUT2D eigenvalue weighted by atomic mass is 35.5. The summed E-state index contributed by atoms with van der Waals surface area (Å²) < 4.78 is 25.0. The molecular formula is C8H5ClF2O. The smallest absolute Gasteiger partial charge is 0.153 e. The minimum Gasteiger partial charge on any atom is -0.298 e. The summed E-state index contributed by atoms with van der Waals surface area (Å²) in [6.45, 7) is -0.940. The van der Waals surface area contributed by atoms with Gasteiger partial charge in [0.05, 0.1) is 5.56 Å². The van der Waals surface area contributed by atoms with Gasteiger partial charge in [-0.25, -0.2) is 8.78 Å². The van der Waals surface area contributed by atoms with Crippen LogP contribution < -0.4 is 0 Å². The molecule has 0 heterocycles. The Hall–Kier alpha value is -0.960. The molecule has 0 N–H and O–H groups in total. The summed E-state index contributed by atoms with van der Waals surface area (Å²) in [7, 11) is 0. The molecule has 1 nitrogen and oxygen atoms in total. The molecule has 1 rings (SSSR count).